The number of carbonyl (C=O) groups excluding carboxylic acids is 1. The molecule has 0 spiro atoms. The Bertz CT molecular complexity index is 309. The molecular formula is C13H24N2O3. The minimum Gasteiger partial charge on any atom is -0.480 e. The average Bonchev–Trinajstić information content (AvgIpc) is 2.25. The number of nitrogens with two attached hydrogens (primary N) is 1. The Hall–Kier alpha value is -1.10. The Morgan fingerprint density at radius 3 is 2.28 bits per heavy atom. The van der Waals surface area contributed by atoms with Crippen molar-refractivity contribution in [2.24, 2.45) is 11.7 Å². The van der Waals surface area contributed by atoms with Crippen LogP contribution in [-0.2, 0) is 9.59 Å². The Kier molecular flexibility index (Phi) is 5.14. The highest BCUT2D eigenvalue weighted by Gasteiger charge is 2.32. The first kappa shape index (κ1) is 15.0. The van der Waals surface area contributed by atoms with Crippen molar-refractivity contribution in [3.8, 4) is 0 Å². The van der Waals surface area contributed by atoms with E-state index in [1.165, 1.54) is 6.42 Å². The summed E-state index contributed by atoms with van der Waals surface area (Å²) in [5, 5.41) is 11.6. The van der Waals surface area contributed by atoms with Crippen LogP contribution in [0.4, 0.5) is 0 Å². The molecular weight excluding hydrogens is 232 g/mol. The van der Waals surface area contributed by atoms with Gasteiger partial charge in [0.25, 0.3) is 0 Å². The van der Waals surface area contributed by atoms with Gasteiger partial charge in [0, 0.05) is 12.0 Å². The molecule has 0 bridgehead atoms. The molecule has 1 atom stereocenters. The molecule has 0 aliphatic heterocycles. The highest BCUT2D eigenvalue weighted by atomic mass is 16.4. The molecule has 0 aromatic carbocycles. The number of nitrogens with one attached hydrogen (secondary N) is 1. The molecule has 0 saturated heterocycles. The van der Waals surface area contributed by atoms with E-state index >= 15 is 0 Å². The average molecular weight is 256 g/mol. The van der Waals surface area contributed by atoms with E-state index in [-0.39, 0.29) is 18.2 Å². The SMILES string of the molecule is CC(C)[C@@H](NC(=O)CC1(N)CCCCC1)C(=O)O. The van der Waals surface area contributed by atoms with E-state index < -0.39 is 17.6 Å². The van der Waals surface area contributed by atoms with Gasteiger partial charge in [-0.1, -0.05) is 33.1 Å². The number of hydrogen-bond donors (Lipinski definition) is 3. The number of amides is 1. The van der Waals surface area contributed by atoms with Crippen molar-refractivity contribution in [2.75, 3.05) is 0 Å². The Balaban J connectivity index is 2.52. The molecule has 104 valence electrons. The highest BCUT2D eigenvalue weighted by Crippen LogP contribution is 2.28. The van der Waals surface area contributed by atoms with E-state index in [0.29, 0.717) is 0 Å². The molecule has 1 aliphatic rings. The van der Waals surface area contributed by atoms with Crippen LogP contribution in [0, 0.1) is 5.92 Å². The summed E-state index contributed by atoms with van der Waals surface area (Å²) in [6.45, 7) is 3.55. The van der Waals surface area contributed by atoms with Crippen molar-refractivity contribution < 1.29 is 14.7 Å². The van der Waals surface area contributed by atoms with Gasteiger partial charge >= 0.3 is 5.97 Å². The van der Waals surface area contributed by atoms with Gasteiger partial charge in [-0.2, -0.15) is 0 Å². The summed E-state index contributed by atoms with van der Waals surface area (Å²) in [4.78, 5) is 22.9. The van der Waals surface area contributed by atoms with Crippen LogP contribution >= 0.6 is 0 Å². The molecule has 4 N–H and O–H groups in total. The molecule has 5 heteroatoms. The summed E-state index contributed by atoms with van der Waals surface area (Å²) in [6, 6.07) is -0.829. The third-order valence-electron chi connectivity index (χ3n) is 3.61. The number of carboxylic acid groups (broad SMARTS) is 1. The zero-order chi connectivity index (χ0) is 13.8. The summed E-state index contributed by atoms with van der Waals surface area (Å²) in [5.74, 6) is -1.37. The summed E-state index contributed by atoms with van der Waals surface area (Å²) in [7, 11) is 0. The summed E-state index contributed by atoms with van der Waals surface area (Å²) < 4.78 is 0. The largest absolute Gasteiger partial charge is 0.480 e. The van der Waals surface area contributed by atoms with Gasteiger partial charge in [-0.3, -0.25) is 4.79 Å². The van der Waals surface area contributed by atoms with Crippen LogP contribution < -0.4 is 11.1 Å². The molecule has 1 fully saturated rings. The molecule has 0 aromatic rings. The van der Waals surface area contributed by atoms with Gasteiger partial charge in [0.1, 0.15) is 6.04 Å². The third-order valence-corrected chi connectivity index (χ3v) is 3.61. The second kappa shape index (κ2) is 6.18. The van der Waals surface area contributed by atoms with Crippen molar-refractivity contribution in [2.45, 2.75) is 64.0 Å². The van der Waals surface area contributed by atoms with Gasteiger partial charge in [-0.25, -0.2) is 4.79 Å². The maximum absolute atomic E-state index is 11.9. The fourth-order valence-electron chi connectivity index (χ4n) is 2.49. The fraction of sp³-hybridized carbons (Fsp3) is 0.846. The molecule has 1 amide bonds. The van der Waals surface area contributed by atoms with Gasteiger partial charge < -0.3 is 16.2 Å². The molecule has 0 unspecified atom stereocenters. The van der Waals surface area contributed by atoms with Crippen LogP contribution in [-0.4, -0.2) is 28.6 Å². The maximum atomic E-state index is 11.9. The molecule has 5 nitrogen and oxygen atoms in total. The molecule has 1 aliphatic carbocycles. The van der Waals surface area contributed by atoms with Crippen LogP contribution in [0.5, 0.6) is 0 Å². The second-order valence-corrected chi connectivity index (χ2v) is 5.73. The van der Waals surface area contributed by atoms with E-state index in [2.05, 4.69) is 5.32 Å². The lowest BCUT2D eigenvalue weighted by Gasteiger charge is -2.33. The normalized spacial score (nSPS) is 20.4. The standard InChI is InChI=1S/C13H24N2O3/c1-9(2)11(12(17)18)15-10(16)8-13(14)6-4-3-5-7-13/h9,11H,3-8,14H2,1-2H3,(H,15,16)(H,17,18)/t11-/m1/s1. The monoisotopic (exact) mass is 256 g/mol. The first-order chi connectivity index (χ1) is 8.34. The predicted octanol–water partition coefficient (Wildman–Crippen LogP) is 1.26. The van der Waals surface area contributed by atoms with Gasteiger partial charge in [0.2, 0.25) is 5.91 Å². The van der Waals surface area contributed by atoms with Gasteiger partial charge in [0.15, 0.2) is 0 Å². The Labute approximate surface area is 108 Å². The maximum Gasteiger partial charge on any atom is 0.326 e. The van der Waals surface area contributed by atoms with E-state index in [9.17, 15) is 9.59 Å². The minimum absolute atomic E-state index is 0.133. The summed E-state index contributed by atoms with van der Waals surface area (Å²) in [5.41, 5.74) is 5.74. The molecule has 18 heavy (non-hydrogen) atoms. The number of carbonyl (C=O) groups is 2. The van der Waals surface area contributed by atoms with Crippen LogP contribution in [0.1, 0.15) is 52.4 Å². The zero-order valence-corrected chi connectivity index (χ0v) is 11.2. The highest BCUT2D eigenvalue weighted by molar-refractivity contribution is 5.84. The third kappa shape index (κ3) is 4.29. The van der Waals surface area contributed by atoms with E-state index in [1.807, 2.05) is 0 Å². The van der Waals surface area contributed by atoms with Crippen LogP contribution in [0.15, 0.2) is 0 Å². The van der Waals surface area contributed by atoms with Crippen molar-refractivity contribution in [1.29, 1.82) is 0 Å². The van der Waals surface area contributed by atoms with Crippen LogP contribution in [0.2, 0.25) is 0 Å². The molecule has 0 aromatic heterocycles. The van der Waals surface area contributed by atoms with Crippen LogP contribution in [0.3, 0.4) is 0 Å². The quantitative estimate of drug-likeness (QED) is 0.690. The second-order valence-electron chi connectivity index (χ2n) is 5.73. The van der Waals surface area contributed by atoms with Crippen molar-refractivity contribution in [1.82, 2.24) is 5.32 Å². The first-order valence-electron chi connectivity index (χ1n) is 6.65. The molecule has 0 radical (unpaired) electrons. The topological polar surface area (TPSA) is 92.4 Å². The van der Waals surface area contributed by atoms with E-state index in [4.69, 9.17) is 10.8 Å². The van der Waals surface area contributed by atoms with Crippen molar-refractivity contribution in [3.05, 3.63) is 0 Å². The molecule has 1 rings (SSSR count). The van der Waals surface area contributed by atoms with Gasteiger partial charge in [-0.05, 0) is 18.8 Å². The zero-order valence-electron chi connectivity index (χ0n) is 11.2. The Morgan fingerprint density at radius 1 is 1.28 bits per heavy atom. The van der Waals surface area contributed by atoms with E-state index in [0.717, 1.165) is 25.7 Å². The fourth-order valence-corrected chi connectivity index (χ4v) is 2.49. The van der Waals surface area contributed by atoms with Gasteiger partial charge in [0.05, 0.1) is 0 Å². The number of aliphatic carboxylic acids is 1. The lowest BCUT2D eigenvalue weighted by Crippen LogP contribution is -2.50. The van der Waals surface area contributed by atoms with Crippen molar-refractivity contribution >= 4 is 11.9 Å². The minimum atomic E-state index is -0.993. The first-order valence-corrected chi connectivity index (χ1v) is 6.65. The van der Waals surface area contributed by atoms with Crippen molar-refractivity contribution in [3.63, 3.8) is 0 Å². The summed E-state index contributed by atoms with van der Waals surface area (Å²) in [6.07, 6.45) is 5.19. The lowest BCUT2D eigenvalue weighted by atomic mass is 9.80. The molecule has 0 heterocycles. The summed E-state index contributed by atoms with van der Waals surface area (Å²) >= 11 is 0. The van der Waals surface area contributed by atoms with Crippen LogP contribution in [0.25, 0.3) is 0 Å². The lowest BCUT2D eigenvalue weighted by molar-refractivity contribution is -0.143. The number of carboxylic acids is 1. The van der Waals surface area contributed by atoms with Gasteiger partial charge in [-0.15, -0.1) is 0 Å². The smallest absolute Gasteiger partial charge is 0.326 e. The molecule has 1 saturated carbocycles. The number of hydrogen-bond acceptors (Lipinski definition) is 3. The van der Waals surface area contributed by atoms with E-state index in [1.54, 1.807) is 13.8 Å². The Morgan fingerprint density at radius 2 is 1.83 bits per heavy atom. The predicted molar refractivity (Wildman–Crippen MR) is 69.0 cm³/mol. The number of rotatable bonds is 5.